The molecule has 0 aliphatic carbocycles. The molecule has 1 aromatic heterocycles. The summed E-state index contributed by atoms with van der Waals surface area (Å²) in [6.45, 7) is 2.93. The minimum absolute atomic E-state index is 0.655. The van der Waals surface area contributed by atoms with Crippen molar-refractivity contribution in [1.82, 2.24) is 0 Å². The third-order valence-corrected chi connectivity index (χ3v) is 4.10. The first-order valence-corrected chi connectivity index (χ1v) is 6.89. The fourth-order valence-corrected chi connectivity index (χ4v) is 2.81. The van der Waals surface area contributed by atoms with Crippen LogP contribution >= 0.6 is 27.3 Å². The van der Waals surface area contributed by atoms with Gasteiger partial charge in [-0.25, -0.2) is 0 Å². The quantitative estimate of drug-likeness (QED) is 0.917. The van der Waals surface area contributed by atoms with Gasteiger partial charge in [-0.15, -0.1) is 0 Å². The van der Waals surface area contributed by atoms with E-state index in [0.717, 1.165) is 16.7 Å². The van der Waals surface area contributed by atoms with Crippen molar-refractivity contribution in [2.75, 3.05) is 5.32 Å². The standard InChI is InChI=1S/C13H11BrN2S/c1-9-7-17-8-11(9)6-16-12-3-2-10(5-15)13(14)4-12/h2-4,7-8,16H,6H2,1H3. The molecule has 0 atom stereocenters. The zero-order valence-corrected chi connectivity index (χ0v) is 11.7. The van der Waals surface area contributed by atoms with Crippen molar-refractivity contribution in [3.05, 3.63) is 50.1 Å². The molecule has 0 saturated heterocycles. The van der Waals surface area contributed by atoms with E-state index in [1.807, 2.05) is 18.2 Å². The van der Waals surface area contributed by atoms with Crippen LogP contribution in [0.2, 0.25) is 0 Å². The van der Waals surface area contributed by atoms with Crippen LogP contribution in [0.3, 0.4) is 0 Å². The van der Waals surface area contributed by atoms with Crippen LogP contribution in [0.5, 0.6) is 0 Å². The molecule has 1 aromatic carbocycles. The Labute approximate surface area is 113 Å². The molecule has 86 valence electrons. The summed E-state index contributed by atoms with van der Waals surface area (Å²) in [5.74, 6) is 0. The van der Waals surface area contributed by atoms with E-state index in [0.29, 0.717) is 5.56 Å². The summed E-state index contributed by atoms with van der Waals surface area (Å²) in [6.07, 6.45) is 0. The molecule has 1 heterocycles. The summed E-state index contributed by atoms with van der Waals surface area (Å²) in [6, 6.07) is 7.79. The van der Waals surface area contributed by atoms with Gasteiger partial charge in [-0.1, -0.05) is 0 Å². The lowest BCUT2D eigenvalue weighted by molar-refractivity contribution is 1.14. The third kappa shape index (κ3) is 2.87. The molecule has 17 heavy (non-hydrogen) atoms. The van der Waals surface area contributed by atoms with Crippen molar-refractivity contribution in [3.63, 3.8) is 0 Å². The first-order chi connectivity index (χ1) is 8.20. The van der Waals surface area contributed by atoms with Gasteiger partial charge in [0.15, 0.2) is 0 Å². The van der Waals surface area contributed by atoms with Crippen LogP contribution in [-0.4, -0.2) is 0 Å². The Bertz CT molecular complexity index is 569. The van der Waals surface area contributed by atoms with Crippen molar-refractivity contribution in [2.45, 2.75) is 13.5 Å². The van der Waals surface area contributed by atoms with Crippen molar-refractivity contribution in [2.24, 2.45) is 0 Å². The largest absolute Gasteiger partial charge is 0.381 e. The van der Waals surface area contributed by atoms with Crippen LogP contribution in [0, 0.1) is 18.3 Å². The highest BCUT2D eigenvalue weighted by Crippen LogP contribution is 2.22. The number of nitrogens with one attached hydrogen (secondary N) is 1. The Morgan fingerprint density at radius 2 is 2.24 bits per heavy atom. The maximum atomic E-state index is 8.83. The highest BCUT2D eigenvalue weighted by molar-refractivity contribution is 9.10. The summed E-state index contributed by atoms with van der Waals surface area (Å²) in [5.41, 5.74) is 4.30. The number of thiophene rings is 1. The summed E-state index contributed by atoms with van der Waals surface area (Å²) in [7, 11) is 0. The lowest BCUT2D eigenvalue weighted by Crippen LogP contribution is -1.99. The van der Waals surface area contributed by atoms with E-state index in [-0.39, 0.29) is 0 Å². The number of nitrogens with zero attached hydrogens (tertiary/aromatic N) is 1. The Kier molecular flexibility index (Phi) is 3.82. The van der Waals surface area contributed by atoms with Gasteiger partial charge in [-0.05, 0) is 62.9 Å². The molecule has 0 bridgehead atoms. The molecule has 0 aliphatic rings. The van der Waals surface area contributed by atoms with Gasteiger partial charge in [0.25, 0.3) is 0 Å². The van der Waals surface area contributed by atoms with Gasteiger partial charge >= 0.3 is 0 Å². The summed E-state index contributed by atoms with van der Waals surface area (Å²) in [5, 5.41) is 16.5. The van der Waals surface area contributed by atoms with E-state index in [1.54, 1.807) is 11.3 Å². The van der Waals surface area contributed by atoms with Gasteiger partial charge in [0.05, 0.1) is 5.56 Å². The molecule has 0 saturated carbocycles. The zero-order chi connectivity index (χ0) is 12.3. The fourth-order valence-electron chi connectivity index (χ4n) is 1.48. The molecule has 4 heteroatoms. The minimum atomic E-state index is 0.655. The monoisotopic (exact) mass is 306 g/mol. The molecule has 0 fully saturated rings. The topological polar surface area (TPSA) is 35.8 Å². The Balaban J connectivity index is 2.08. The highest BCUT2D eigenvalue weighted by Gasteiger charge is 2.02. The molecule has 0 spiro atoms. The number of hydrogen-bond donors (Lipinski definition) is 1. The molecule has 1 N–H and O–H groups in total. The summed E-state index contributed by atoms with van der Waals surface area (Å²) >= 11 is 5.10. The van der Waals surface area contributed by atoms with E-state index in [2.05, 4.69) is 45.0 Å². The smallest absolute Gasteiger partial charge is 0.100 e. The van der Waals surface area contributed by atoms with Crippen LogP contribution in [0.1, 0.15) is 16.7 Å². The zero-order valence-electron chi connectivity index (χ0n) is 9.33. The number of benzene rings is 1. The van der Waals surface area contributed by atoms with Gasteiger partial charge in [0.2, 0.25) is 0 Å². The number of halogens is 1. The van der Waals surface area contributed by atoms with Gasteiger partial charge in [-0.2, -0.15) is 16.6 Å². The predicted molar refractivity (Wildman–Crippen MR) is 75.2 cm³/mol. The lowest BCUT2D eigenvalue weighted by Gasteiger charge is -2.07. The van der Waals surface area contributed by atoms with Crippen LogP contribution in [0.25, 0.3) is 0 Å². The van der Waals surface area contributed by atoms with E-state index in [9.17, 15) is 0 Å². The molecular formula is C13H11BrN2S. The Hall–Kier alpha value is -1.31. The maximum absolute atomic E-state index is 8.83. The van der Waals surface area contributed by atoms with E-state index < -0.39 is 0 Å². The van der Waals surface area contributed by atoms with Crippen LogP contribution < -0.4 is 5.32 Å². The molecule has 0 amide bonds. The normalized spacial score (nSPS) is 9.94. The average Bonchev–Trinajstić information content (AvgIpc) is 2.72. The first kappa shape index (κ1) is 12.2. The van der Waals surface area contributed by atoms with E-state index in [4.69, 9.17) is 5.26 Å². The Morgan fingerprint density at radius 3 is 2.82 bits per heavy atom. The van der Waals surface area contributed by atoms with Crippen molar-refractivity contribution >= 4 is 33.0 Å². The molecular weight excluding hydrogens is 296 g/mol. The summed E-state index contributed by atoms with van der Waals surface area (Å²) < 4.78 is 0.826. The predicted octanol–water partition coefficient (Wildman–Crippen LogP) is 4.30. The average molecular weight is 307 g/mol. The lowest BCUT2D eigenvalue weighted by atomic mass is 10.2. The van der Waals surface area contributed by atoms with E-state index >= 15 is 0 Å². The molecule has 0 unspecified atom stereocenters. The number of anilines is 1. The minimum Gasteiger partial charge on any atom is -0.381 e. The van der Waals surface area contributed by atoms with Gasteiger partial charge in [0, 0.05) is 16.7 Å². The van der Waals surface area contributed by atoms with Crippen molar-refractivity contribution in [3.8, 4) is 6.07 Å². The molecule has 0 aliphatic heterocycles. The summed E-state index contributed by atoms with van der Waals surface area (Å²) in [4.78, 5) is 0. The van der Waals surface area contributed by atoms with E-state index in [1.165, 1.54) is 11.1 Å². The molecule has 0 radical (unpaired) electrons. The van der Waals surface area contributed by atoms with Crippen molar-refractivity contribution < 1.29 is 0 Å². The molecule has 2 aromatic rings. The van der Waals surface area contributed by atoms with Crippen LogP contribution in [-0.2, 0) is 6.54 Å². The highest BCUT2D eigenvalue weighted by atomic mass is 79.9. The molecule has 2 nitrogen and oxygen atoms in total. The number of hydrogen-bond acceptors (Lipinski definition) is 3. The van der Waals surface area contributed by atoms with Gasteiger partial charge < -0.3 is 5.32 Å². The number of aryl methyl sites for hydroxylation is 1. The maximum Gasteiger partial charge on any atom is 0.100 e. The SMILES string of the molecule is Cc1cscc1CNc1ccc(C#N)c(Br)c1. The number of rotatable bonds is 3. The van der Waals surface area contributed by atoms with Gasteiger partial charge in [0.1, 0.15) is 6.07 Å². The molecule has 2 rings (SSSR count). The Morgan fingerprint density at radius 1 is 1.41 bits per heavy atom. The van der Waals surface area contributed by atoms with Crippen LogP contribution in [0.4, 0.5) is 5.69 Å². The second kappa shape index (κ2) is 5.35. The van der Waals surface area contributed by atoms with Crippen LogP contribution in [0.15, 0.2) is 33.4 Å². The second-order valence-corrected chi connectivity index (χ2v) is 5.34. The van der Waals surface area contributed by atoms with Gasteiger partial charge in [-0.3, -0.25) is 0 Å². The first-order valence-electron chi connectivity index (χ1n) is 5.16. The second-order valence-electron chi connectivity index (χ2n) is 3.74. The van der Waals surface area contributed by atoms with Crippen molar-refractivity contribution in [1.29, 1.82) is 5.26 Å². The third-order valence-electron chi connectivity index (χ3n) is 2.53. The number of nitriles is 1. The fraction of sp³-hybridized carbons (Fsp3) is 0.154.